The van der Waals surface area contributed by atoms with E-state index in [0.717, 1.165) is 73.5 Å². The third-order valence-corrected chi connectivity index (χ3v) is 8.11. The van der Waals surface area contributed by atoms with Gasteiger partial charge in [0.2, 0.25) is 0 Å². The van der Waals surface area contributed by atoms with E-state index in [2.05, 4.69) is 80.1 Å². The number of aromatic nitrogens is 1. The smallest absolute Gasteiger partial charge is 0.164 e. The molecule has 188 valence electrons. The third kappa shape index (κ3) is 4.35. The number of likely N-dealkylation sites (tertiary alicyclic amines) is 1. The Morgan fingerprint density at radius 3 is 2.69 bits per heavy atom. The van der Waals surface area contributed by atoms with Crippen LogP contribution in [-0.2, 0) is 11.8 Å². The Labute approximate surface area is 215 Å². The Morgan fingerprint density at radius 2 is 2.00 bits per heavy atom. The van der Waals surface area contributed by atoms with Gasteiger partial charge in [-0.1, -0.05) is 30.9 Å². The molecule has 0 atom stereocenters. The molecule has 36 heavy (non-hydrogen) atoms. The first kappa shape index (κ1) is 24.7. The summed E-state index contributed by atoms with van der Waals surface area (Å²) in [6.07, 6.45) is 9.82. The van der Waals surface area contributed by atoms with E-state index in [9.17, 15) is 4.79 Å². The molecule has 2 aliphatic carbocycles. The summed E-state index contributed by atoms with van der Waals surface area (Å²) in [5, 5.41) is 3.53. The number of fused-ring (bicyclic) bond motifs is 3. The normalized spacial score (nSPS) is 19.2. The number of likely N-dealkylation sites (N-methyl/N-ethyl adjacent to an activating group) is 2. The van der Waals surface area contributed by atoms with Crippen LogP contribution in [0.3, 0.4) is 0 Å². The highest BCUT2D eigenvalue weighted by Gasteiger charge is 2.44. The monoisotopic (exact) mass is 482 g/mol. The van der Waals surface area contributed by atoms with Crippen LogP contribution in [0.4, 0.5) is 0 Å². The van der Waals surface area contributed by atoms with Crippen molar-refractivity contribution in [1.82, 2.24) is 20.1 Å². The molecule has 1 aliphatic heterocycles. The lowest BCUT2D eigenvalue weighted by atomic mass is 9.73. The lowest BCUT2D eigenvalue weighted by Gasteiger charge is -2.38. The van der Waals surface area contributed by atoms with E-state index in [1.807, 2.05) is 12.3 Å². The number of nitrogens with one attached hydrogen (secondary N) is 1. The lowest BCUT2D eigenvalue weighted by Crippen LogP contribution is -2.39. The molecule has 0 unspecified atom stereocenters. The molecular weight excluding hydrogens is 444 g/mol. The van der Waals surface area contributed by atoms with Gasteiger partial charge in [-0.3, -0.25) is 9.78 Å². The van der Waals surface area contributed by atoms with Crippen molar-refractivity contribution in [3.8, 4) is 0 Å². The number of benzene rings is 1. The Bertz CT molecular complexity index is 1260. The highest BCUT2D eigenvalue weighted by molar-refractivity contribution is 6.03. The molecule has 1 spiro atoms. The van der Waals surface area contributed by atoms with Crippen LogP contribution in [0.1, 0.15) is 64.5 Å². The highest BCUT2D eigenvalue weighted by atomic mass is 16.1. The van der Waals surface area contributed by atoms with Gasteiger partial charge in [-0.15, -0.1) is 0 Å². The molecule has 5 heteroatoms. The number of pyridine rings is 1. The number of hydrogen-bond acceptors (Lipinski definition) is 5. The second-order valence-electron chi connectivity index (χ2n) is 10.8. The maximum atomic E-state index is 12.9. The van der Waals surface area contributed by atoms with E-state index < -0.39 is 0 Å². The Hall–Kier alpha value is -3.02. The van der Waals surface area contributed by atoms with Crippen LogP contribution in [0, 0.1) is 0 Å². The first-order valence-electron chi connectivity index (χ1n) is 13.2. The average Bonchev–Trinajstić information content (AvgIpc) is 3.40. The molecule has 5 nitrogen and oxygen atoms in total. The molecule has 5 rings (SSSR count). The Kier molecular flexibility index (Phi) is 6.71. The van der Waals surface area contributed by atoms with E-state index in [4.69, 9.17) is 4.98 Å². The number of Topliss-reactive ketones (excluding diaryl/α,β-unsaturated/α-hetero) is 1. The van der Waals surface area contributed by atoms with Crippen molar-refractivity contribution in [2.45, 2.75) is 38.0 Å². The molecule has 1 saturated heterocycles. The molecule has 1 fully saturated rings. The van der Waals surface area contributed by atoms with Crippen LogP contribution in [-0.4, -0.2) is 67.9 Å². The number of piperidine rings is 1. The fourth-order valence-corrected chi connectivity index (χ4v) is 6.18. The van der Waals surface area contributed by atoms with Gasteiger partial charge in [0.05, 0.1) is 5.69 Å². The predicted molar refractivity (Wildman–Crippen MR) is 148 cm³/mol. The number of rotatable bonds is 7. The van der Waals surface area contributed by atoms with E-state index in [1.165, 1.54) is 22.3 Å². The van der Waals surface area contributed by atoms with E-state index in [-0.39, 0.29) is 5.41 Å². The first-order valence-corrected chi connectivity index (χ1v) is 13.2. The summed E-state index contributed by atoms with van der Waals surface area (Å²) in [5.74, 6) is 0.309. The average molecular weight is 483 g/mol. The maximum Gasteiger partial charge on any atom is 0.164 e. The second kappa shape index (κ2) is 9.79. The van der Waals surface area contributed by atoms with Crippen LogP contribution < -0.4 is 5.32 Å². The standard InChI is InChI=1S/C31H38N4O/c1-6-23(29(32-7-2)20-34(3)4)22-16-26-24(10-11-28(26)33-19-22)21-8-9-25-27(17-21)31(18-30(25)36)12-14-35(5)15-13-31/h6,8-10,16-17,19,32H,1,7,11-15,18,20H2,2-5H3/b29-23+. The van der Waals surface area contributed by atoms with Crippen molar-refractivity contribution < 1.29 is 4.79 Å². The van der Waals surface area contributed by atoms with E-state index in [1.54, 1.807) is 0 Å². The van der Waals surface area contributed by atoms with Crippen LogP contribution in [0.25, 0.3) is 11.1 Å². The zero-order valence-electron chi connectivity index (χ0n) is 22.2. The summed E-state index contributed by atoms with van der Waals surface area (Å²) in [4.78, 5) is 22.3. The molecule has 0 amide bonds. The highest BCUT2D eigenvalue weighted by Crippen LogP contribution is 2.47. The number of hydrogen-bond donors (Lipinski definition) is 1. The van der Waals surface area contributed by atoms with Crippen molar-refractivity contribution in [3.63, 3.8) is 0 Å². The summed E-state index contributed by atoms with van der Waals surface area (Å²) >= 11 is 0. The molecule has 1 aromatic heterocycles. The molecule has 3 aliphatic rings. The fraction of sp³-hybridized carbons (Fsp3) is 0.419. The van der Waals surface area contributed by atoms with Gasteiger partial charge in [0.1, 0.15) is 0 Å². The van der Waals surface area contributed by atoms with E-state index in [0.29, 0.717) is 12.2 Å². The van der Waals surface area contributed by atoms with E-state index >= 15 is 0 Å². The van der Waals surface area contributed by atoms with Gasteiger partial charge in [-0.25, -0.2) is 0 Å². The zero-order valence-corrected chi connectivity index (χ0v) is 22.2. The minimum absolute atomic E-state index is 0.00266. The van der Waals surface area contributed by atoms with Gasteiger partial charge >= 0.3 is 0 Å². The molecule has 0 radical (unpaired) electrons. The maximum absolute atomic E-state index is 12.9. The third-order valence-electron chi connectivity index (χ3n) is 8.11. The van der Waals surface area contributed by atoms with Gasteiger partial charge in [0.25, 0.3) is 0 Å². The van der Waals surface area contributed by atoms with Crippen LogP contribution in [0.15, 0.2) is 54.9 Å². The summed E-state index contributed by atoms with van der Waals surface area (Å²) in [5.41, 5.74) is 10.3. The van der Waals surface area contributed by atoms with Crippen molar-refractivity contribution in [1.29, 1.82) is 0 Å². The topological polar surface area (TPSA) is 48.5 Å². The summed E-state index contributed by atoms with van der Waals surface area (Å²) in [6.45, 7) is 10.0. The van der Waals surface area contributed by atoms with Crippen molar-refractivity contribution in [2.75, 3.05) is 47.3 Å². The first-order chi connectivity index (χ1) is 17.3. The fourth-order valence-electron chi connectivity index (χ4n) is 6.18. The SMILES string of the molecule is C=C/C(=C(/CN(C)C)NCC)c1cnc2c(c1)C(c1ccc3c(c1)C1(CCN(C)CC1)CC3=O)=CC2. The summed E-state index contributed by atoms with van der Waals surface area (Å²) < 4.78 is 0. The Morgan fingerprint density at radius 1 is 1.22 bits per heavy atom. The molecule has 0 bridgehead atoms. The number of carbonyl (C=O) groups is 1. The molecule has 0 saturated carbocycles. The van der Waals surface area contributed by atoms with Crippen LogP contribution in [0.5, 0.6) is 0 Å². The van der Waals surface area contributed by atoms with Gasteiger partial charge in [0, 0.05) is 65.5 Å². The minimum atomic E-state index is 0.00266. The van der Waals surface area contributed by atoms with Crippen molar-refractivity contribution in [3.05, 3.63) is 88.4 Å². The number of ketones is 1. The largest absolute Gasteiger partial charge is 0.387 e. The van der Waals surface area contributed by atoms with Crippen LogP contribution >= 0.6 is 0 Å². The van der Waals surface area contributed by atoms with Crippen molar-refractivity contribution in [2.24, 2.45) is 0 Å². The number of nitrogens with zero attached hydrogens (tertiary/aromatic N) is 3. The van der Waals surface area contributed by atoms with Gasteiger partial charge < -0.3 is 15.1 Å². The van der Waals surface area contributed by atoms with Crippen molar-refractivity contribution >= 4 is 16.9 Å². The minimum Gasteiger partial charge on any atom is -0.387 e. The second-order valence-corrected chi connectivity index (χ2v) is 10.8. The quantitative estimate of drug-likeness (QED) is 0.581. The molecule has 2 aromatic rings. The van der Waals surface area contributed by atoms with Gasteiger partial charge in [0.15, 0.2) is 5.78 Å². The molecule has 2 heterocycles. The molecule has 1 N–H and O–H groups in total. The predicted octanol–water partition coefficient (Wildman–Crippen LogP) is 4.69. The molecule has 1 aromatic carbocycles. The van der Waals surface area contributed by atoms with Gasteiger partial charge in [-0.2, -0.15) is 0 Å². The summed E-state index contributed by atoms with van der Waals surface area (Å²) in [7, 11) is 6.34. The Balaban J connectivity index is 1.54. The zero-order chi connectivity index (χ0) is 25.4. The van der Waals surface area contributed by atoms with Gasteiger partial charge in [-0.05, 0) is 82.8 Å². The van der Waals surface area contributed by atoms with Crippen LogP contribution in [0.2, 0.25) is 0 Å². The molecular formula is C31H38N4O. The number of carbonyl (C=O) groups excluding carboxylic acids is 1. The lowest BCUT2D eigenvalue weighted by molar-refractivity contribution is 0.0945. The number of allylic oxidation sites excluding steroid dienone is 3. The summed E-state index contributed by atoms with van der Waals surface area (Å²) in [6, 6.07) is 8.80.